The monoisotopic (exact) mass is 271 g/mol. The fraction of sp³-hybridized carbons (Fsp3) is 0. The minimum absolute atomic E-state index is 0.269. The average Bonchev–Trinajstić information content (AvgIpc) is 2.56. The molecular weight excluding hydrogens is 265 g/mol. The van der Waals surface area contributed by atoms with Crippen LogP contribution in [0.25, 0.3) is 10.4 Å². The van der Waals surface area contributed by atoms with E-state index in [0.717, 1.165) is 14.9 Å². The van der Waals surface area contributed by atoms with Gasteiger partial charge in [-0.25, -0.2) is 4.39 Å². The van der Waals surface area contributed by atoms with Gasteiger partial charge in [-0.15, -0.1) is 11.3 Å². The number of hydrogen-bond donors (Lipinski definition) is 1. The topological polar surface area (TPSA) is 26.0 Å². The van der Waals surface area contributed by atoms with Crippen molar-refractivity contribution in [3.63, 3.8) is 0 Å². The van der Waals surface area contributed by atoms with Crippen LogP contribution in [-0.4, -0.2) is 0 Å². The lowest BCUT2D eigenvalue weighted by atomic mass is 10.1. The molecule has 0 aliphatic rings. The molecule has 0 fully saturated rings. The molecule has 0 saturated carbocycles. The van der Waals surface area contributed by atoms with Crippen LogP contribution in [0.5, 0.6) is 0 Å². The Balaban J connectivity index is 2.62. The molecule has 1 aromatic carbocycles. The van der Waals surface area contributed by atoms with Crippen molar-refractivity contribution in [3.8, 4) is 10.4 Å². The standard InChI is InChI=1S/C10H7BrFNS/c11-8-3-4-14-10(8)7-5-6(12)1-2-9(7)13/h1-5H,13H2. The molecule has 0 aliphatic heterocycles. The predicted octanol–water partition coefficient (Wildman–Crippen LogP) is 3.90. The molecule has 2 N–H and O–H groups in total. The molecule has 0 radical (unpaired) electrons. The van der Waals surface area contributed by atoms with Gasteiger partial charge in [0.15, 0.2) is 0 Å². The second kappa shape index (κ2) is 3.71. The molecule has 0 atom stereocenters. The van der Waals surface area contributed by atoms with Gasteiger partial charge < -0.3 is 5.73 Å². The van der Waals surface area contributed by atoms with Crippen molar-refractivity contribution in [3.05, 3.63) is 39.9 Å². The van der Waals surface area contributed by atoms with Crippen LogP contribution in [0.2, 0.25) is 0 Å². The van der Waals surface area contributed by atoms with Crippen molar-refractivity contribution in [2.24, 2.45) is 0 Å². The first kappa shape index (κ1) is 9.68. The Morgan fingerprint density at radius 1 is 1.29 bits per heavy atom. The second-order valence-corrected chi connectivity index (χ2v) is 4.60. The van der Waals surface area contributed by atoms with Crippen LogP contribution in [0, 0.1) is 5.82 Å². The fourth-order valence-corrected chi connectivity index (χ4v) is 2.84. The Bertz CT molecular complexity index is 467. The third kappa shape index (κ3) is 1.67. The lowest BCUT2D eigenvalue weighted by Gasteiger charge is -2.03. The highest BCUT2D eigenvalue weighted by Crippen LogP contribution is 2.36. The number of rotatable bonds is 1. The number of anilines is 1. The summed E-state index contributed by atoms with van der Waals surface area (Å²) in [6.45, 7) is 0. The molecule has 0 aliphatic carbocycles. The van der Waals surface area contributed by atoms with Gasteiger partial charge in [-0.3, -0.25) is 0 Å². The van der Waals surface area contributed by atoms with E-state index in [2.05, 4.69) is 15.9 Å². The van der Waals surface area contributed by atoms with Crippen molar-refractivity contribution < 1.29 is 4.39 Å². The number of halogens is 2. The number of benzene rings is 1. The summed E-state index contributed by atoms with van der Waals surface area (Å²) in [6, 6.07) is 6.31. The zero-order valence-corrected chi connectivity index (χ0v) is 9.53. The maximum Gasteiger partial charge on any atom is 0.124 e. The smallest absolute Gasteiger partial charge is 0.124 e. The minimum atomic E-state index is -0.269. The van der Waals surface area contributed by atoms with Gasteiger partial charge in [0.2, 0.25) is 0 Å². The number of nitrogens with two attached hydrogens (primary N) is 1. The van der Waals surface area contributed by atoms with E-state index in [1.54, 1.807) is 6.07 Å². The van der Waals surface area contributed by atoms with Gasteiger partial charge in [-0.2, -0.15) is 0 Å². The molecule has 2 rings (SSSR count). The van der Waals surface area contributed by atoms with Crippen LogP contribution < -0.4 is 5.73 Å². The molecule has 14 heavy (non-hydrogen) atoms. The molecule has 1 aromatic heterocycles. The highest BCUT2D eigenvalue weighted by Gasteiger charge is 2.08. The van der Waals surface area contributed by atoms with Gasteiger partial charge in [0.1, 0.15) is 5.82 Å². The summed E-state index contributed by atoms with van der Waals surface area (Å²) >= 11 is 4.93. The number of hydrogen-bond acceptors (Lipinski definition) is 2. The van der Waals surface area contributed by atoms with Crippen LogP contribution in [0.4, 0.5) is 10.1 Å². The van der Waals surface area contributed by atoms with Crippen LogP contribution in [0.15, 0.2) is 34.1 Å². The van der Waals surface area contributed by atoms with Gasteiger partial charge in [0.25, 0.3) is 0 Å². The minimum Gasteiger partial charge on any atom is -0.398 e. The quantitative estimate of drug-likeness (QED) is 0.783. The van der Waals surface area contributed by atoms with E-state index in [1.807, 2.05) is 11.4 Å². The molecule has 0 spiro atoms. The third-order valence-corrected chi connectivity index (χ3v) is 3.75. The summed E-state index contributed by atoms with van der Waals surface area (Å²) in [7, 11) is 0. The van der Waals surface area contributed by atoms with E-state index in [-0.39, 0.29) is 5.82 Å². The van der Waals surface area contributed by atoms with E-state index in [9.17, 15) is 4.39 Å². The lowest BCUT2D eigenvalue weighted by Crippen LogP contribution is -1.89. The summed E-state index contributed by atoms with van der Waals surface area (Å²) in [4.78, 5) is 0.960. The molecular formula is C10H7BrFNS. The largest absolute Gasteiger partial charge is 0.398 e. The molecule has 0 amide bonds. The molecule has 0 saturated heterocycles. The Hall–Kier alpha value is -0.870. The van der Waals surface area contributed by atoms with Gasteiger partial charge in [0, 0.05) is 15.7 Å². The Kier molecular flexibility index (Phi) is 2.56. The zero-order chi connectivity index (χ0) is 10.1. The normalized spacial score (nSPS) is 10.4. The van der Waals surface area contributed by atoms with E-state index >= 15 is 0 Å². The van der Waals surface area contributed by atoms with Crippen molar-refractivity contribution in [1.82, 2.24) is 0 Å². The van der Waals surface area contributed by atoms with Crippen molar-refractivity contribution >= 4 is 33.0 Å². The SMILES string of the molecule is Nc1ccc(F)cc1-c1sccc1Br. The maximum absolute atomic E-state index is 13.0. The highest BCUT2D eigenvalue weighted by atomic mass is 79.9. The maximum atomic E-state index is 13.0. The summed E-state index contributed by atoms with van der Waals surface area (Å²) in [5.41, 5.74) is 7.10. The first-order valence-corrected chi connectivity index (χ1v) is 5.64. The first-order chi connectivity index (χ1) is 6.68. The summed E-state index contributed by atoms with van der Waals surface area (Å²) < 4.78 is 13.9. The zero-order valence-electron chi connectivity index (χ0n) is 7.13. The average molecular weight is 272 g/mol. The Morgan fingerprint density at radius 2 is 2.07 bits per heavy atom. The molecule has 4 heteroatoms. The van der Waals surface area contributed by atoms with Gasteiger partial charge in [0.05, 0.1) is 4.88 Å². The Labute approximate surface area is 93.5 Å². The summed E-state index contributed by atoms with van der Waals surface area (Å²) in [5.74, 6) is -0.269. The summed E-state index contributed by atoms with van der Waals surface area (Å²) in [6.07, 6.45) is 0. The lowest BCUT2D eigenvalue weighted by molar-refractivity contribution is 0.628. The van der Waals surface area contributed by atoms with Crippen molar-refractivity contribution in [2.75, 3.05) is 5.73 Å². The van der Waals surface area contributed by atoms with Gasteiger partial charge in [-0.05, 0) is 45.6 Å². The molecule has 0 unspecified atom stereocenters. The van der Waals surface area contributed by atoms with Crippen LogP contribution >= 0.6 is 27.3 Å². The van der Waals surface area contributed by atoms with Crippen LogP contribution in [0.3, 0.4) is 0 Å². The summed E-state index contributed by atoms with van der Waals surface area (Å²) in [5, 5.41) is 1.93. The second-order valence-electron chi connectivity index (χ2n) is 2.83. The van der Waals surface area contributed by atoms with Crippen molar-refractivity contribution in [2.45, 2.75) is 0 Å². The molecule has 1 nitrogen and oxygen atoms in total. The Morgan fingerprint density at radius 3 is 2.71 bits per heavy atom. The predicted molar refractivity (Wildman–Crippen MR) is 61.8 cm³/mol. The number of nitrogen functional groups attached to an aromatic ring is 1. The van der Waals surface area contributed by atoms with E-state index in [4.69, 9.17) is 5.73 Å². The van der Waals surface area contributed by atoms with Crippen LogP contribution in [0.1, 0.15) is 0 Å². The molecule has 0 bridgehead atoms. The third-order valence-electron chi connectivity index (χ3n) is 1.88. The van der Waals surface area contributed by atoms with E-state index < -0.39 is 0 Å². The molecule has 72 valence electrons. The molecule has 2 aromatic rings. The number of thiophene rings is 1. The van der Waals surface area contributed by atoms with E-state index in [1.165, 1.54) is 23.5 Å². The van der Waals surface area contributed by atoms with Crippen LogP contribution in [-0.2, 0) is 0 Å². The molecule has 1 heterocycles. The van der Waals surface area contributed by atoms with Gasteiger partial charge in [-0.1, -0.05) is 0 Å². The van der Waals surface area contributed by atoms with Gasteiger partial charge >= 0.3 is 0 Å². The first-order valence-electron chi connectivity index (χ1n) is 3.97. The fourth-order valence-electron chi connectivity index (χ4n) is 1.21. The highest BCUT2D eigenvalue weighted by molar-refractivity contribution is 9.10. The van der Waals surface area contributed by atoms with E-state index in [0.29, 0.717) is 5.69 Å². The van der Waals surface area contributed by atoms with Crippen molar-refractivity contribution in [1.29, 1.82) is 0 Å².